The fraction of sp³-hybridized carbons (Fsp3) is 0.176. The first-order valence-electron chi connectivity index (χ1n) is 6.81. The van der Waals surface area contributed by atoms with E-state index in [1.165, 1.54) is 0 Å². The van der Waals surface area contributed by atoms with Crippen molar-refractivity contribution in [2.45, 2.75) is 6.54 Å². The second kappa shape index (κ2) is 7.48. The van der Waals surface area contributed by atoms with Gasteiger partial charge in [0.1, 0.15) is 0 Å². The van der Waals surface area contributed by atoms with E-state index in [-0.39, 0.29) is 12.5 Å². The lowest BCUT2D eigenvalue weighted by Gasteiger charge is -2.18. The first-order valence-corrected chi connectivity index (χ1v) is 7.19. The molecule has 0 unspecified atom stereocenters. The van der Waals surface area contributed by atoms with Crippen molar-refractivity contribution >= 4 is 23.2 Å². The number of carbonyl (C=O) groups is 1. The Labute approximate surface area is 134 Å². The van der Waals surface area contributed by atoms with Crippen molar-refractivity contribution in [1.29, 1.82) is 5.26 Å². The van der Waals surface area contributed by atoms with Crippen LogP contribution in [-0.4, -0.2) is 24.4 Å². The van der Waals surface area contributed by atoms with Crippen LogP contribution in [0.4, 0.5) is 5.69 Å². The maximum atomic E-state index is 12.1. The summed E-state index contributed by atoms with van der Waals surface area (Å²) in [6.45, 7) is 0.737. The van der Waals surface area contributed by atoms with Gasteiger partial charge in [-0.1, -0.05) is 23.7 Å². The molecule has 0 bridgehead atoms. The van der Waals surface area contributed by atoms with Crippen LogP contribution >= 0.6 is 11.6 Å². The zero-order chi connectivity index (χ0) is 15.9. The fourth-order valence-corrected chi connectivity index (χ4v) is 2.05. The van der Waals surface area contributed by atoms with E-state index in [0.717, 1.165) is 11.3 Å². The van der Waals surface area contributed by atoms with Gasteiger partial charge < -0.3 is 10.2 Å². The Hall–Kier alpha value is -2.51. The third-order valence-electron chi connectivity index (χ3n) is 3.22. The van der Waals surface area contributed by atoms with E-state index in [1.54, 1.807) is 36.2 Å². The van der Waals surface area contributed by atoms with Crippen molar-refractivity contribution in [2.75, 3.05) is 18.9 Å². The quantitative estimate of drug-likeness (QED) is 0.921. The number of nitrogens with one attached hydrogen (secondary N) is 1. The molecule has 1 amide bonds. The van der Waals surface area contributed by atoms with E-state index in [0.29, 0.717) is 17.1 Å². The number of likely N-dealkylation sites (N-methyl/N-ethyl adjacent to an activating group) is 1. The van der Waals surface area contributed by atoms with Crippen LogP contribution in [0.2, 0.25) is 5.02 Å². The van der Waals surface area contributed by atoms with E-state index in [1.807, 2.05) is 24.3 Å². The summed E-state index contributed by atoms with van der Waals surface area (Å²) in [5, 5.41) is 12.5. The van der Waals surface area contributed by atoms with Gasteiger partial charge in [0.2, 0.25) is 5.91 Å². The number of rotatable bonds is 5. The molecular formula is C17H16ClN3O. The first-order chi connectivity index (χ1) is 10.6. The average molecular weight is 314 g/mol. The molecule has 0 fully saturated rings. The van der Waals surface area contributed by atoms with Crippen molar-refractivity contribution in [3.8, 4) is 6.07 Å². The number of nitrogens with zero attached hydrogens (tertiary/aromatic N) is 2. The van der Waals surface area contributed by atoms with Gasteiger partial charge in [0.15, 0.2) is 0 Å². The topological polar surface area (TPSA) is 56.1 Å². The first kappa shape index (κ1) is 15.9. The van der Waals surface area contributed by atoms with Crippen LogP contribution < -0.4 is 5.32 Å². The molecule has 0 aliphatic heterocycles. The summed E-state index contributed by atoms with van der Waals surface area (Å²) >= 11 is 5.84. The van der Waals surface area contributed by atoms with Gasteiger partial charge in [-0.15, -0.1) is 0 Å². The number of carbonyl (C=O) groups excluding carboxylic acids is 1. The Morgan fingerprint density at radius 1 is 1.18 bits per heavy atom. The number of hydrogen-bond acceptors (Lipinski definition) is 3. The van der Waals surface area contributed by atoms with Gasteiger partial charge in [0.05, 0.1) is 18.2 Å². The molecule has 0 heterocycles. The monoisotopic (exact) mass is 313 g/mol. The highest BCUT2D eigenvalue weighted by molar-refractivity contribution is 6.30. The minimum atomic E-state index is -0.0145. The molecule has 22 heavy (non-hydrogen) atoms. The molecule has 4 nitrogen and oxygen atoms in total. The van der Waals surface area contributed by atoms with Crippen molar-refractivity contribution in [3.63, 3.8) is 0 Å². The van der Waals surface area contributed by atoms with Crippen molar-refractivity contribution in [3.05, 3.63) is 64.7 Å². The molecule has 0 aromatic heterocycles. The molecule has 0 saturated carbocycles. The van der Waals surface area contributed by atoms with E-state index < -0.39 is 0 Å². The van der Waals surface area contributed by atoms with E-state index in [2.05, 4.69) is 11.4 Å². The lowest BCUT2D eigenvalue weighted by Crippen LogP contribution is -2.31. The Bertz CT molecular complexity index is 675. The Morgan fingerprint density at radius 3 is 2.41 bits per heavy atom. The van der Waals surface area contributed by atoms with E-state index in [9.17, 15) is 4.79 Å². The maximum absolute atomic E-state index is 12.1. The highest BCUT2D eigenvalue weighted by Gasteiger charge is 2.09. The highest BCUT2D eigenvalue weighted by atomic mass is 35.5. The summed E-state index contributed by atoms with van der Waals surface area (Å²) in [5.41, 5.74) is 2.43. The molecule has 0 aliphatic rings. The Balaban J connectivity index is 1.85. The summed E-state index contributed by atoms with van der Waals surface area (Å²) in [6, 6.07) is 16.5. The minimum Gasteiger partial charge on any atom is -0.376 e. The van der Waals surface area contributed by atoms with Gasteiger partial charge >= 0.3 is 0 Å². The molecule has 0 saturated heterocycles. The number of benzene rings is 2. The maximum Gasteiger partial charge on any atom is 0.241 e. The predicted molar refractivity (Wildman–Crippen MR) is 87.6 cm³/mol. The molecule has 0 spiro atoms. The summed E-state index contributed by atoms with van der Waals surface area (Å²) in [4.78, 5) is 13.7. The van der Waals surface area contributed by atoms with Crippen LogP contribution in [0.3, 0.4) is 0 Å². The van der Waals surface area contributed by atoms with Crippen LogP contribution in [0.1, 0.15) is 11.1 Å². The molecule has 2 aromatic rings. The van der Waals surface area contributed by atoms with Gasteiger partial charge in [-0.25, -0.2) is 0 Å². The van der Waals surface area contributed by atoms with Crippen LogP contribution in [0.25, 0.3) is 0 Å². The van der Waals surface area contributed by atoms with Crippen LogP contribution in [0.15, 0.2) is 48.5 Å². The normalized spacial score (nSPS) is 9.86. The third-order valence-corrected chi connectivity index (χ3v) is 3.47. The molecule has 1 N–H and O–H groups in total. The number of halogens is 1. The number of anilines is 1. The lowest BCUT2D eigenvalue weighted by molar-refractivity contribution is -0.128. The number of amides is 1. The highest BCUT2D eigenvalue weighted by Crippen LogP contribution is 2.11. The molecule has 0 atom stereocenters. The summed E-state index contributed by atoms with van der Waals surface area (Å²) in [6.07, 6.45) is 0. The molecular weight excluding hydrogens is 298 g/mol. The lowest BCUT2D eigenvalue weighted by atomic mass is 10.2. The summed E-state index contributed by atoms with van der Waals surface area (Å²) < 4.78 is 0. The second-order valence-electron chi connectivity index (χ2n) is 4.92. The molecule has 2 aromatic carbocycles. The Morgan fingerprint density at radius 2 is 1.82 bits per heavy atom. The van der Waals surface area contributed by atoms with Gasteiger partial charge in [0.25, 0.3) is 0 Å². The predicted octanol–water partition coefficient (Wildman–Crippen LogP) is 3.28. The summed E-state index contributed by atoms with van der Waals surface area (Å²) in [7, 11) is 1.76. The second-order valence-corrected chi connectivity index (χ2v) is 5.36. The van der Waals surface area contributed by atoms with Crippen LogP contribution in [0, 0.1) is 11.3 Å². The van der Waals surface area contributed by atoms with Crippen LogP contribution in [0.5, 0.6) is 0 Å². The smallest absolute Gasteiger partial charge is 0.241 e. The standard InChI is InChI=1S/C17H16ClN3O/c1-21(12-14-2-6-15(18)7-3-14)17(22)11-20-16-8-4-13(10-19)5-9-16/h2-9,20H,11-12H2,1H3. The van der Waals surface area contributed by atoms with Crippen LogP contribution in [-0.2, 0) is 11.3 Å². The van der Waals surface area contributed by atoms with Crippen molar-refractivity contribution < 1.29 is 4.79 Å². The molecule has 0 radical (unpaired) electrons. The Kier molecular flexibility index (Phi) is 5.40. The molecule has 2 rings (SSSR count). The third kappa shape index (κ3) is 4.51. The van der Waals surface area contributed by atoms with Crippen molar-refractivity contribution in [1.82, 2.24) is 4.90 Å². The van der Waals surface area contributed by atoms with Gasteiger partial charge in [-0.2, -0.15) is 5.26 Å². The number of nitriles is 1. The fourth-order valence-electron chi connectivity index (χ4n) is 1.93. The molecule has 112 valence electrons. The van der Waals surface area contributed by atoms with Crippen molar-refractivity contribution in [2.24, 2.45) is 0 Å². The SMILES string of the molecule is CN(Cc1ccc(Cl)cc1)C(=O)CNc1ccc(C#N)cc1. The zero-order valence-corrected chi connectivity index (χ0v) is 13.0. The largest absolute Gasteiger partial charge is 0.376 e. The number of hydrogen-bond donors (Lipinski definition) is 1. The van der Waals surface area contributed by atoms with E-state index >= 15 is 0 Å². The minimum absolute atomic E-state index is 0.0145. The molecule has 5 heteroatoms. The zero-order valence-electron chi connectivity index (χ0n) is 12.2. The van der Waals surface area contributed by atoms with E-state index in [4.69, 9.17) is 16.9 Å². The molecule has 0 aliphatic carbocycles. The van der Waals surface area contributed by atoms with Gasteiger partial charge in [-0.05, 0) is 42.0 Å². The summed E-state index contributed by atoms with van der Waals surface area (Å²) in [5.74, 6) is -0.0145. The van der Waals surface area contributed by atoms with Gasteiger partial charge in [0, 0.05) is 24.3 Å². The van der Waals surface area contributed by atoms with Gasteiger partial charge in [-0.3, -0.25) is 4.79 Å². The average Bonchev–Trinajstić information content (AvgIpc) is 2.55.